The molecule has 0 bridgehead atoms. The monoisotopic (exact) mass is 248 g/mol. The van der Waals surface area contributed by atoms with Crippen LogP contribution in [0.1, 0.15) is 26.5 Å². The Morgan fingerprint density at radius 2 is 1.88 bits per heavy atom. The van der Waals surface area contributed by atoms with Gasteiger partial charge >= 0.3 is 0 Å². The molecule has 0 unspecified atom stereocenters. The number of hydrogen-bond acceptors (Lipinski definition) is 1. The van der Waals surface area contributed by atoms with E-state index in [-0.39, 0.29) is 5.41 Å². The van der Waals surface area contributed by atoms with Crippen molar-refractivity contribution in [3.63, 3.8) is 0 Å². The third-order valence-corrected chi connectivity index (χ3v) is 2.71. The summed E-state index contributed by atoms with van der Waals surface area (Å²) in [6.45, 7) is 6.61. The molecule has 2 heteroatoms. The van der Waals surface area contributed by atoms with Gasteiger partial charge in [-0.1, -0.05) is 44.5 Å². The molecule has 2 rings (SSSR count). The molecular weight excluding hydrogens is 232 g/mol. The van der Waals surface area contributed by atoms with Gasteiger partial charge in [0.15, 0.2) is 0 Å². The number of furan rings is 1. The highest BCUT2D eigenvalue weighted by atomic mass is 35.5. The standard InChI is InChI=1S/C15H17ClO/c1-15(2,3)10-13-7-8-14(17-13)11-5-4-6-12(16)9-11/h4-9H,10H2,1-3H3. The van der Waals surface area contributed by atoms with Crippen molar-refractivity contribution in [2.24, 2.45) is 5.41 Å². The molecule has 0 amide bonds. The minimum absolute atomic E-state index is 0.240. The molecule has 17 heavy (non-hydrogen) atoms. The Morgan fingerprint density at radius 3 is 2.53 bits per heavy atom. The summed E-state index contributed by atoms with van der Waals surface area (Å²) in [4.78, 5) is 0. The molecular formula is C15H17ClO. The maximum Gasteiger partial charge on any atom is 0.134 e. The van der Waals surface area contributed by atoms with E-state index in [2.05, 4.69) is 20.8 Å². The zero-order valence-corrected chi connectivity index (χ0v) is 11.2. The summed E-state index contributed by atoms with van der Waals surface area (Å²) in [5, 5.41) is 0.733. The summed E-state index contributed by atoms with van der Waals surface area (Å²) >= 11 is 5.97. The van der Waals surface area contributed by atoms with Gasteiger partial charge in [0.1, 0.15) is 11.5 Å². The maximum atomic E-state index is 5.97. The largest absolute Gasteiger partial charge is 0.461 e. The smallest absolute Gasteiger partial charge is 0.134 e. The summed E-state index contributed by atoms with van der Waals surface area (Å²) in [6.07, 6.45) is 0.938. The van der Waals surface area contributed by atoms with Gasteiger partial charge in [-0.15, -0.1) is 0 Å². The zero-order chi connectivity index (χ0) is 12.5. The van der Waals surface area contributed by atoms with Crippen molar-refractivity contribution in [3.8, 4) is 11.3 Å². The third kappa shape index (κ3) is 3.37. The van der Waals surface area contributed by atoms with Gasteiger partial charge in [-0.25, -0.2) is 0 Å². The van der Waals surface area contributed by atoms with Crippen LogP contribution in [0.4, 0.5) is 0 Å². The van der Waals surface area contributed by atoms with Crippen molar-refractivity contribution in [3.05, 3.63) is 47.2 Å². The quantitative estimate of drug-likeness (QED) is 0.713. The zero-order valence-electron chi connectivity index (χ0n) is 10.5. The highest BCUT2D eigenvalue weighted by Gasteiger charge is 2.14. The lowest BCUT2D eigenvalue weighted by atomic mass is 9.91. The van der Waals surface area contributed by atoms with Crippen LogP contribution in [0.15, 0.2) is 40.8 Å². The van der Waals surface area contributed by atoms with Crippen LogP contribution in [0.5, 0.6) is 0 Å². The topological polar surface area (TPSA) is 13.1 Å². The molecule has 0 fully saturated rings. The van der Waals surface area contributed by atoms with E-state index >= 15 is 0 Å². The summed E-state index contributed by atoms with van der Waals surface area (Å²) in [6, 6.07) is 11.8. The molecule has 0 aliphatic carbocycles. The molecule has 0 N–H and O–H groups in total. The molecule has 1 nitrogen and oxygen atoms in total. The second-order valence-corrected chi connectivity index (χ2v) is 5.95. The Bertz CT molecular complexity index is 506. The van der Waals surface area contributed by atoms with Crippen LogP contribution in [-0.4, -0.2) is 0 Å². The summed E-state index contributed by atoms with van der Waals surface area (Å²) in [5.74, 6) is 1.90. The molecule has 1 heterocycles. The Hall–Kier alpha value is -1.21. The first-order chi connectivity index (χ1) is 7.94. The van der Waals surface area contributed by atoms with Crippen LogP contribution in [0, 0.1) is 5.41 Å². The fourth-order valence-electron chi connectivity index (χ4n) is 1.79. The highest BCUT2D eigenvalue weighted by molar-refractivity contribution is 6.30. The van der Waals surface area contributed by atoms with E-state index in [9.17, 15) is 0 Å². The van der Waals surface area contributed by atoms with Crippen molar-refractivity contribution in [2.45, 2.75) is 27.2 Å². The van der Waals surface area contributed by atoms with Crippen molar-refractivity contribution in [2.75, 3.05) is 0 Å². The van der Waals surface area contributed by atoms with Gasteiger partial charge in [-0.05, 0) is 29.7 Å². The van der Waals surface area contributed by atoms with E-state index in [1.807, 2.05) is 36.4 Å². The third-order valence-electron chi connectivity index (χ3n) is 2.48. The SMILES string of the molecule is CC(C)(C)Cc1ccc(-c2cccc(Cl)c2)o1. The average Bonchev–Trinajstić information content (AvgIpc) is 2.63. The minimum atomic E-state index is 0.240. The van der Waals surface area contributed by atoms with Crippen LogP contribution < -0.4 is 0 Å². The molecule has 90 valence electrons. The van der Waals surface area contributed by atoms with E-state index in [1.54, 1.807) is 0 Å². The lowest BCUT2D eigenvalue weighted by Crippen LogP contribution is -2.08. The summed E-state index contributed by atoms with van der Waals surface area (Å²) in [5.41, 5.74) is 1.27. The fraction of sp³-hybridized carbons (Fsp3) is 0.333. The van der Waals surface area contributed by atoms with Gasteiger partial charge in [-0.2, -0.15) is 0 Å². The first kappa shape index (κ1) is 12.3. The first-order valence-corrected chi connectivity index (χ1v) is 6.16. The number of hydrogen-bond donors (Lipinski definition) is 0. The summed E-state index contributed by atoms with van der Waals surface area (Å²) < 4.78 is 5.84. The molecule has 0 saturated heterocycles. The molecule has 0 spiro atoms. The molecule has 2 aromatic rings. The Kier molecular flexibility index (Phi) is 3.30. The summed E-state index contributed by atoms with van der Waals surface area (Å²) in [7, 11) is 0. The van der Waals surface area contributed by atoms with Crippen molar-refractivity contribution in [1.82, 2.24) is 0 Å². The van der Waals surface area contributed by atoms with Crippen LogP contribution in [-0.2, 0) is 6.42 Å². The van der Waals surface area contributed by atoms with Crippen LogP contribution in [0.25, 0.3) is 11.3 Å². The minimum Gasteiger partial charge on any atom is -0.461 e. The van der Waals surface area contributed by atoms with Crippen molar-refractivity contribution < 1.29 is 4.42 Å². The van der Waals surface area contributed by atoms with E-state index in [0.29, 0.717) is 0 Å². The van der Waals surface area contributed by atoms with Crippen LogP contribution in [0.3, 0.4) is 0 Å². The lowest BCUT2D eigenvalue weighted by Gasteiger charge is -2.15. The van der Waals surface area contributed by atoms with Crippen molar-refractivity contribution >= 4 is 11.6 Å². The molecule has 1 aromatic carbocycles. The number of benzene rings is 1. The highest BCUT2D eigenvalue weighted by Crippen LogP contribution is 2.28. The Labute approximate surface area is 107 Å². The Balaban J connectivity index is 2.24. The number of halogens is 1. The van der Waals surface area contributed by atoms with Gasteiger partial charge in [0.05, 0.1) is 0 Å². The molecule has 1 aromatic heterocycles. The maximum absolute atomic E-state index is 5.97. The normalized spacial score (nSPS) is 11.8. The second-order valence-electron chi connectivity index (χ2n) is 5.51. The van der Waals surface area contributed by atoms with Crippen LogP contribution in [0.2, 0.25) is 5.02 Å². The van der Waals surface area contributed by atoms with Crippen molar-refractivity contribution in [1.29, 1.82) is 0 Å². The van der Waals surface area contributed by atoms with E-state index in [0.717, 1.165) is 28.5 Å². The average molecular weight is 249 g/mol. The van der Waals surface area contributed by atoms with E-state index in [4.69, 9.17) is 16.0 Å². The number of rotatable bonds is 2. The second kappa shape index (κ2) is 4.58. The lowest BCUT2D eigenvalue weighted by molar-refractivity contribution is 0.366. The first-order valence-electron chi connectivity index (χ1n) is 5.79. The molecule has 0 radical (unpaired) electrons. The Morgan fingerprint density at radius 1 is 1.12 bits per heavy atom. The van der Waals surface area contributed by atoms with Gasteiger partial charge in [0.25, 0.3) is 0 Å². The molecule has 0 atom stereocenters. The van der Waals surface area contributed by atoms with Gasteiger partial charge in [0.2, 0.25) is 0 Å². The predicted octanol–water partition coefficient (Wildman–Crippen LogP) is 5.19. The molecule has 0 saturated carbocycles. The molecule has 0 aliphatic heterocycles. The van der Waals surface area contributed by atoms with Gasteiger partial charge < -0.3 is 4.42 Å². The van der Waals surface area contributed by atoms with Gasteiger partial charge in [0, 0.05) is 17.0 Å². The molecule has 0 aliphatic rings. The fourth-order valence-corrected chi connectivity index (χ4v) is 1.98. The van der Waals surface area contributed by atoms with Gasteiger partial charge in [-0.3, -0.25) is 0 Å². The predicted molar refractivity (Wildman–Crippen MR) is 72.3 cm³/mol. The van der Waals surface area contributed by atoms with E-state index in [1.165, 1.54) is 0 Å². The van der Waals surface area contributed by atoms with Crippen LogP contribution >= 0.6 is 11.6 Å². The van der Waals surface area contributed by atoms with E-state index < -0.39 is 0 Å².